The van der Waals surface area contributed by atoms with Crippen molar-refractivity contribution in [2.75, 3.05) is 10.8 Å². The van der Waals surface area contributed by atoms with Gasteiger partial charge in [0.2, 0.25) is 0 Å². The van der Waals surface area contributed by atoms with E-state index >= 15 is 0 Å². The summed E-state index contributed by atoms with van der Waals surface area (Å²) in [6.45, 7) is 10.8. The fraction of sp³-hybridized carbons (Fsp3) is 0.409. The molecule has 0 spiro atoms. The lowest BCUT2D eigenvalue weighted by atomic mass is 9.61. The second kappa shape index (κ2) is 7.19. The molecule has 1 atom stereocenters. The van der Waals surface area contributed by atoms with Gasteiger partial charge in [0.15, 0.2) is 10.8 Å². The first-order valence-electron chi connectivity index (χ1n) is 10.3. The maximum Gasteiger partial charge on any atom is 0.269 e. The van der Waals surface area contributed by atoms with Gasteiger partial charge in [-0.25, -0.2) is 5.01 Å². The number of non-ortho nitro benzene ring substituents is 2. The largest absolute Gasteiger partial charge is 0.315 e. The standard InChI is InChI=1S/C22H25N5O4S/c1-6-32-22-20(2,3)21(4,5)24(22)19(15-7-9-17(10-8-15)26(28)29)23-25(22)16-11-13-18(14-12-16)27(30)31/h7-14H,6H2,1-5H3. The second-order valence-electron chi connectivity index (χ2n) is 8.87. The summed E-state index contributed by atoms with van der Waals surface area (Å²) >= 11 is 1.76. The Morgan fingerprint density at radius 1 is 0.906 bits per heavy atom. The molecule has 0 bridgehead atoms. The number of hydrogen-bond acceptors (Lipinski definition) is 8. The zero-order chi connectivity index (χ0) is 23.5. The topological polar surface area (TPSA) is 105 Å². The van der Waals surface area contributed by atoms with Crippen molar-refractivity contribution in [2.45, 2.75) is 45.2 Å². The van der Waals surface area contributed by atoms with Crippen LogP contribution in [0.1, 0.15) is 40.2 Å². The van der Waals surface area contributed by atoms with E-state index in [-0.39, 0.29) is 22.3 Å². The maximum atomic E-state index is 11.1. The van der Waals surface area contributed by atoms with Gasteiger partial charge in [-0.05, 0) is 43.9 Å². The van der Waals surface area contributed by atoms with Crippen molar-refractivity contribution in [3.63, 3.8) is 0 Å². The molecule has 168 valence electrons. The first kappa shape index (κ1) is 22.1. The lowest BCUT2D eigenvalue weighted by Gasteiger charge is -2.72. The van der Waals surface area contributed by atoms with Crippen LogP contribution < -0.4 is 5.01 Å². The molecule has 4 rings (SSSR count). The SMILES string of the molecule is CCSC12N(c3ccc([N+](=O)[O-])cc3)N=C(c3ccc([N+](=O)[O-])cc3)N1C(C)(C)C2(C)C. The van der Waals surface area contributed by atoms with Crippen molar-refractivity contribution in [1.29, 1.82) is 0 Å². The summed E-state index contributed by atoms with van der Waals surface area (Å²) in [6.07, 6.45) is 0. The molecule has 0 amide bonds. The summed E-state index contributed by atoms with van der Waals surface area (Å²) in [4.78, 5) is 23.1. The van der Waals surface area contributed by atoms with Gasteiger partial charge < -0.3 is 4.90 Å². The summed E-state index contributed by atoms with van der Waals surface area (Å²) in [5, 5.41) is 29.2. The highest BCUT2D eigenvalue weighted by Crippen LogP contribution is 2.68. The summed E-state index contributed by atoms with van der Waals surface area (Å²) in [7, 11) is 0. The predicted octanol–water partition coefficient (Wildman–Crippen LogP) is 5.21. The van der Waals surface area contributed by atoms with Crippen molar-refractivity contribution in [1.82, 2.24) is 4.90 Å². The van der Waals surface area contributed by atoms with E-state index < -0.39 is 14.8 Å². The van der Waals surface area contributed by atoms with Crippen LogP contribution in [0.5, 0.6) is 0 Å². The van der Waals surface area contributed by atoms with E-state index in [4.69, 9.17) is 5.10 Å². The number of nitro benzene ring substituents is 2. The van der Waals surface area contributed by atoms with E-state index in [0.717, 1.165) is 22.8 Å². The van der Waals surface area contributed by atoms with Gasteiger partial charge >= 0.3 is 0 Å². The third-order valence-corrected chi connectivity index (χ3v) is 8.44. The van der Waals surface area contributed by atoms with E-state index in [1.807, 2.05) is 5.01 Å². The highest BCUT2D eigenvalue weighted by Gasteiger charge is 2.77. The smallest absolute Gasteiger partial charge is 0.269 e. The molecule has 2 aromatic carbocycles. The number of fused-ring (bicyclic) bond motifs is 1. The number of benzene rings is 2. The molecular weight excluding hydrogens is 430 g/mol. The van der Waals surface area contributed by atoms with Crippen LogP contribution in [0.3, 0.4) is 0 Å². The van der Waals surface area contributed by atoms with Gasteiger partial charge in [0.05, 0.1) is 15.5 Å². The van der Waals surface area contributed by atoms with Crippen LogP contribution in [-0.2, 0) is 0 Å². The number of hydrogen-bond donors (Lipinski definition) is 0. The molecule has 0 aliphatic carbocycles. The van der Waals surface area contributed by atoms with Gasteiger partial charge in [0.25, 0.3) is 11.4 Å². The van der Waals surface area contributed by atoms with Crippen molar-refractivity contribution >= 4 is 34.7 Å². The molecule has 0 N–H and O–H groups in total. The lowest BCUT2D eigenvalue weighted by Crippen LogP contribution is -2.84. The molecule has 1 fully saturated rings. The van der Waals surface area contributed by atoms with Crippen molar-refractivity contribution in [2.24, 2.45) is 10.5 Å². The van der Waals surface area contributed by atoms with Crippen LogP contribution in [0.4, 0.5) is 17.1 Å². The third kappa shape index (κ3) is 2.75. The minimum Gasteiger partial charge on any atom is -0.315 e. The maximum absolute atomic E-state index is 11.1. The quantitative estimate of drug-likeness (QED) is 0.435. The van der Waals surface area contributed by atoms with Gasteiger partial charge in [-0.2, -0.15) is 5.10 Å². The Bertz CT molecular complexity index is 1110. The number of nitro groups is 2. The van der Waals surface area contributed by atoms with Crippen LogP contribution in [0.25, 0.3) is 0 Å². The molecule has 2 aromatic rings. The van der Waals surface area contributed by atoms with Gasteiger partial charge in [0, 0.05) is 40.8 Å². The first-order valence-corrected chi connectivity index (χ1v) is 11.3. The molecule has 1 unspecified atom stereocenters. The number of hydrazone groups is 1. The molecule has 32 heavy (non-hydrogen) atoms. The normalized spacial score (nSPS) is 22.7. The second-order valence-corrected chi connectivity index (χ2v) is 10.3. The molecule has 9 nitrogen and oxygen atoms in total. The molecule has 1 saturated heterocycles. The average molecular weight is 456 g/mol. The molecule has 0 aromatic heterocycles. The van der Waals surface area contributed by atoms with E-state index in [9.17, 15) is 20.2 Å². The van der Waals surface area contributed by atoms with Crippen molar-refractivity contribution in [3.8, 4) is 0 Å². The highest BCUT2D eigenvalue weighted by molar-refractivity contribution is 8.00. The number of anilines is 1. The van der Waals surface area contributed by atoms with E-state index in [1.165, 1.54) is 24.3 Å². The van der Waals surface area contributed by atoms with E-state index in [0.29, 0.717) is 0 Å². The number of amidine groups is 1. The van der Waals surface area contributed by atoms with Crippen molar-refractivity contribution in [3.05, 3.63) is 74.3 Å². The van der Waals surface area contributed by atoms with Gasteiger partial charge in [-0.1, -0.05) is 20.8 Å². The van der Waals surface area contributed by atoms with Crippen LogP contribution in [0.15, 0.2) is 53.6 Å². The Kier molecular flexibility index (Phi) is 4.96. The van der Waals surface area contributed by atoms with Gasteiger partial charge in [0.1, 0.15) is 0 Å². The number of thioether (sulfide) groups is 1. The summed E-state index contributed by atoms with van der Waals surface area (Å²) in [6, 6.07) is 12.8. The zero-order valence-electron chi connectivity index (χ0n) is 18.6. The van der Waals surface area contributed by atoms with Gasteiger partial charge in [-0.3, -0.25) is 20.2 Å². The van der Waals surface area contributed by atoms with E-state index in [2.05, 4.69) is 39.5 Å². The van der Waals surface area contributed by atoms with Crippen molar-refractivity contribution < 1.29 is 9.85 Å². The Balaban J connectivity index is 1.88. The Morgan fingerprint density at radius 2 is 1.41 bits per heavy atom. The first-order chi connectivity index (χ1) is 15.0. The lowest BCUT2D eigenvalue weighted by molar-refractivity contribution is -0.385. The molecular formula is C22H25N5O4S. The molecule has 2 heterocycles. The minimum atomic E-state index is -0.543. The van der Waals surface area contributed by atoms with Crippen LogP contribution in [0.2, 0.25) is 0 Å². The number of nitrogens with zero attached hydrogens (tertiary/aromatic N) is 5. The molecule has 2 aliphatic rings. The number of rotatable bonds is 6. The van der Waals surface area contributed by atoms with Crippen LogP contribution in [0, 0.1) is 25.6 Å². The third-order valence-electron chi connectivity index (χ3n) is 6.89. The molecule has 10 heteroatoms. The fourth-order valence-electron chi connectivity index (χ4n) is 4.63. The molecule has 0 saturated carbocycles. The highest BCUT2D eigenvalue weighted by atomic mass is 32.2. The average Bonchev–Trinajstić information content (AvgIpc) is 3.09. The Labute approximate surface area is 190 Å². The minimum absolute atomic E-state index is 0.0229. The van der Waals surface area contributed by atoms with E-state index in [1.54, 1.807) is 36.0 Å². The Morgan fingerprint density at radius 3 is 1.88 bits per heavy atom. The molecule has 0 radical (unpaired) electrons. The van der Waals surface area contributed by atoms with Crippen LogP contribution in [-0.4, -0.2) is 36.9 Å². The fourth-order valence-corrected chi connectivity index (χ4v) is 6.36. The molecule has 2 aliphatic heterocycles. The predicted molar refractivity (Wildman–Crippen MR) is 126 cm³/mol. The zero-order valence-corrected chi connectivity index (χ0v) is 19.4. The summed E-state index contributed by atoms with van der Waals surface area (Å²) < 4.78 is 0. The Hall–Kier alpha value is -3.14. The summed E-state index contributed by atoms with van der Waals surface area (Å²) in [5.74, 6) is 1.56. The van der Waals surface area contributed by atoms with Crippen LogP contribution >= 0.6 is 11.8 Å². The van der Waals surface area contributed by atoms with Gasteiger partial charge in [-0.15, -0.1) is 11.8 Å². The summed E-state index contributed by atoms with van der Waals surface area (Å²) in [5.41, 5.74) is 1.11. The monoisotopic (exact) mass is 455 g/mol.